The van der Waals surface area contributed by atoms with Gasteiger partial charge in [-0.3, -0.25) is 14.4 Å². The third-order valence-electron chi connectivity index (χ3n) is 6.57. The van der Waals surface area contributed by atoms with Crippen molar-refractivity contribution in [2.24, 2.45) is 11.8 Å². The number of thioether (sulfide) groups is 1. The molecule has 2 unspecified atom stereocenters. The molecule has 3 fully saturated rings. The Kier molecular flexibility index (Phi) is 6.94. The molecule has 0 radical (unpaired) electrons. The van der Waals surface area contributed by atoms with Crippen LogP contribution in [0.4, 0.5) is 0 Å². The minimum atomic E-state index is -0.931. The fourth-order valence-corrected chi connectivity index (χ4v) is 7.52. The number of aliphatic carboxylic acids is 1. The van der Waals surface area contributed by atoms with Gasteiger partial charge in [-0.2, -0.15) is 0 Å². The second-order valence-corrected chi connectivity index (χ2v) is 9.88. The first-order valence-electron chi connectivity index (χ1n) is 10.6. The molecule has 0 aromatic heterocycles. The Labute approximate surface area is 176 Å². The van der Waals surface area contributed by atoms with Gasteiger partial charge in [0.05, 0.1) is 16.6 Å². The first-order chi connectivity index (χ1) is 13.9. The first-order valence-corrected chi connectivity index (χ1v) is 11.5. The zero-order chi connectivity index (χ0) is 21.2. The Hall–Kier alpha value is -1.54. The van der Waals surface area contributed by atoms with Gasteiger partial charge in [-0.05, 0) is 32.1 Å². The number of carboxylic acids is 1. The minimum Gasteiger partial charge on any atom is -0.481 e. The molecule has 7 nitrogen and oxygen atoms in total. The maximum atomic E-state index is 13.7. The number of aliphatic hydroxyl groups excluding tert-OH is 1. The van der Waals surface area contributed by atoms with Crippen LogP contribution in [0.1, 0.15) is 45.4 Å². The van der Waals surface area contributed by atoms with Crippen LogP contribution in [0.5, 0.6) is 0 Å². The van der Waals surface area contributed by atoms with Gasteiger partial charge in [0.1, 0.15) is 6.04 Å². The zero-order valence-corrected chi connectivity index (χ0v) is 17.9. The molecule has 29 heavy (non-hydrogen) atoms. The van der Waals surface area contributed by atoms with Crippen molar-refractivity contribution in [2.75, 3.05) is 26.2 Å². The van der Waals surface area contributed by atoms with Crippen molar-refractivity contribution in [3.63, 3.8) is 0 Å². The van der Waals surface area contributed by atoms with E-state index >= 15 is 0 Å². The highest BCUT2D eigenvalue weighted by atomic mass is 32.2. The molecule has 2 amide bonds. The van der Waals surface area contributed by atoms with E-state index in [0.717, 1.165) is 19.3 Å². The highest BCUT2D eigenvalue weighted by molar-refractivity contribution is 8.02. The molecule has 1 spiro atoms. The number of amides is 2. The van der Waals surface area contributed by atoms with Gasteiger partial charge in [0.2, 0.25) is 11.8 Å². The van der Waals surface area contributed by atoms with Gasteiger partial charge in [0.15, 0.2) is 0 Å². The summed E-state index contributed by atoms with van der Waals surface area (Å²) < 4.78 is -0.646. The Morgan fingerprint density at radius 3 is 2.76 bits per heavy atom. The van der Waals surface area contributed by atoms with Crippen LogP contribution < -0.4 is 0 Å². The van der Waals surface area contributed by atoms with Gasteiger partial charge in [0.25, 0.3) is 0 Å². The second-order valence-electron chi connectivity index (χ2n) is 8.28. The molecule has 3 saturated heterocycles. The maximum absolute atomic E-state index is 13.7. The van der Waals surface area contributed by atoms with Gasteiger partial charge in [0, 0.05) is 31.5 Å². The summed E-state index contributed by atoms with van der Waals surface area (Å²) in [5.41, 5.74) is 0. The van der Waals surface area contributed by atoms with E-state index in [2.05, 4.69) is 13.5 Å². The highest BCUT2D eigenvalue weighted by Crippen LogP contribution is 2.66. The monoisotopic (exact) mass is 424 g/mol. The van der Waals surface area contributed by atoms with Crippen LogP contribution in [0.3, 0.4) is 0 Å². The van der Waals surface area contributed by atoms with Crippen molar-refractivity contribution in [1.82, 2.24) is 9.80 Å². The van der Waals surface area contributed by atoms with Crippen molar-refractivity contribution in [2.45, 2.75) is 61.5 Å². The summed E-state index contributed by atoms with van der Waals surface area (Å²) in [4.78, 5) is 42.5. The van der Waals surface area contributed by atoms with Crippen LogP contribution in [0, 0.1) is 11.8 Å². The standard InChI is InChI=1S/C21H32N2O5S/c1-3-5-11-22(10-4-2)19(26)17-21-9-8-14(29-21)15(20(27)28)16(21)18(25)23(17)12-6-7-13-24/h4,14-17,24H,2-3,5-13H2,1H3,(H,27,28)/t14-,15+,16-,17?,21?/m0/s1. The maximum Gasteiger partial charge on any atom is 0.308 e. The molecular weight excluding hydrogens is 392 g/mol. The minimum absolute atomic E-state index is 0.0306. The highest BCUT2D eigenvalue weighted by Gasteiger charge is 2.73. The van der Waals surface area contributed by atoms with Crippen LogP contribution in [0.25, 0.3) is 0 Å². The number of rotatable bonds is 11. The molecule has 3 aliphatic heterocycles. The average Bonchev–Trinajstić information content (AvgIpc) is 3.33. The molecule has 3 rings (SSSR count). The zero-order valence-electron chi connectivity index (χ0n) is 17.1. The van der Waals surface area contributed by atoms with Gasteiger partial charge < -0.3 is 20.0 Å². The van der Waals surface area contributed by atoms with Crippen molar-refractivity contribution >= 4 is 29.5 Å². The molecule has 8 heteroatoms. The molecule has 0 aromatic carbocycles. The lowest BCUT2D eigenvalue weighted by atomic mass is 9.71. The number of nitrogens with zero attached hydrogens (tertiary/aromatic N) is 2. The molecule has 3 aliphatic rings. The summed E-state index contributed by atoms with van der Waals surface area (Å²) in [7, 11) is 0. The van der Waals surface area contributed by atoms with Crippen molar-refractivity contribution in [1.29, 1.82) is 0 Å². The molecule has 2 N–H and O–H groups in total. The number of aliphatic hydroxyl groups is 1. The SMILES string of the molecule is C=CCN(CCCC)C(=O)C1N(CCCCO)C(=O)[C@@H]2[C@H](C(=O)O)[C@@H]3CCC12S3. The lowest BCUT2D eigenvalue weighted by Gasteiger charge is -2.37. The number of carbonyl (C=O) groups excluding carboxylic acids is 2. The van der Waals surface area contributed by atoms with Crippen LogP contribution in [0.15, 0.2) is 12.7 Å². The normalized spacial score (nSPS) is 32.5. The van der Waals surface area contributed by atoms with Crippen molar-refractivity contribution in [3.8, 4) is 0 Å². The van der Waals surface area contributed by atoms with E-state index in [1.54, 1.807) is 27.6 Å². The predicted molar refractivity (Wildman–Crippen MR) is 111 cm³/mol. The largest absolute Gasteiger partial charge is 0.481 e. The van der Waals surface area contributed by atoms with E-state index in [0.29, 0.717) is 38.9 Å². The molecule has 0 aromatic rings. The summed E-state index contributed by atoms with van der Waals surface area (Å²) in [5.74, 6) is -2.57. The van der Waals surface area contributed by atoms with E-state index in [1.807, 2.05) is 0 Å². The fourth-order valence-electron chi connectivity index (χ4n) is 5.32. The summed E-state index contributed by atoms with van der Waals surface area (Å²) in [6, 6.07) is -0.630. The summed E-state index contributed by atoms with van der Waals surface area (Å²) in [6.45, 7) is 7.28. The number of hydrogen-bond acceptors (Lipinski definition) is 5. The second kappa shape index (κ2) is 9.08. The summed E-state index contributed by atoms with van der Waals surface area (Å²) in [6.07, 6.45) is 6.10. The van der Waals surface area contributed by atoms with Crippen molar-refractivity contribution in [3.05, 3.63) is 12.7 Å². The lowest BCUT2D eigenvalue weighted by Crippen LogP contribution is -2.55. The third kappa shape index (κ3) is 3.69. The Bertz CT molecular complexity index is 671. The molecule has 3 heterocycles. The smallest absolute Gasteiger partial charge is 0.308 e. The molecule has 5 atom stereocenters. The summed E-state index contributed by atoms with van der Waals surface area (Å²) in [5, 5.41) is 18.9. The van der Waals surface area contributed by atoms with Crippen LogP contribution in [-0.4, -0.2) is 80.1 Å². The topological polar surface area (TPSA) is 98.2 Å². The van der Waals surface area contributed by atoms with Crippen LogP contribution in [0.2, 0.25) is 0 Å². The Morgan fingerprint density at radius 1 is 1.38 bits per heavy atom. The van der Waals surface area contributed by atoms with E-state index in [4.69, 9.17) is 5.11 Å². The Morgan fingerprint density at radius 2 is 2.14 bits per heavy atom. The Balaban J connectivity index is 1.96. The quantitative estimate of drug-likeness (QED) is 0.387. The predicted octanol–water partition coefficient (Wildman–Crippen LogP) is 1.75. The molecular formula is C21H32N2O5S. The molecule has 0 aliphatic carbocycles. The van der Waals surface area contributed by atoms with Crippen LogP contribution >= 0.6 is 11.8 Å². The van der Waals surface area contributed by atoms with E-state index in [1.165, 1.54) is 0 Å². The average molecular weight is 425 g/mol. The molecule has 162 valence electrons. The fraction of sp³-hybridized carbons (Fsp3) is 0.762. The first kappa shape index (κ1) is 22.2. The van der Waals surface area contributed by atoms with Gasteiger partial charge in [-0.1, -0.05) is 19.4 Å². The third-order valence-corrected chi connectivity index (χ3v) is 8.52. The van der Waals surface area contributed by atoms with Gasteiger partial charge in [-0.15, -0.1) is 18.3 Å². The van der Waals surface area contributed by atoms with Crippen LogP contribution in [-0.2, 0) is 14.4 Å². The number of likely N-dealkylation sites (tertiary alicyclic amines) is 1. The number of carbonyl (C=O) groups is 3. The van der Waals surface area contributed by atoms with Gasteiger partial charge >= 0.3 is 5.97 Å². The van der Waals surface area contributed by atoms with E-state index in [-0.39, 0.29) is 23.7 Å². The lowest BCUT2D eigenvalue weighted by molar-refractivity contribution is -0.148. The van der Waals surface area contributed by atoms with E-state index in [9.17, 15) is 19.5 Å². The van der Waals surface area contributed by atoms with Gasteiger partial charge in [-0.25, -0.2) is 0 Å². The molecule has 0 saturated carbocycles. The number of hydrogen-bond donors (Lipinski definition) is 2. The van der Waals surface area contributed by atoms with E-state index < -0.39 is 28.6 Å². The number of unbranched alkanes of at least 4 members (excludes halogenated alkanes) is 2. The molecule has 2 bridgehead atoms. The summed E-state index contributed by atoms with van der Waals surface area (Å²) >= 11 is 1.56. The number of fused-ring (bicyclic) bond motifs is 1. The van der Waals surface area contributed by atoms with Crippen molar-refractivity contribution < 1.29 is 24.6 Å². The number of carboxylic acid groups (broad SMARTS) is 1.